The summed E-state index contributed by atoms with van der Waals surface area (Å²) in [5, 5.41) is 2.88. The van der Waals surface area contributed by atoms with E-state index in [0.29, 0.717) is 12.2 Å². The molecule has 1 N–H and O–H groups in total. The highest BCUT2D eigenvalue weighted by molar-refractivity contribution is 5.93. The summed E-state index contributed by atoms with van der Waals surface area (Å²) in [6.45, 7) is 4.46. The number of benzene rings is 1. The lowest BCUT2D eigenvalue weighted by Gasteiger charge is -2.16. The number of pyridine rings is 1. The molecule has 1 atom stereocenters. The Morgan fingerprint density at radius 1 is 1.20 bits per heavy atom. The molecule has 5 heteroatoms. The summed E-state index contributed by atoms with van der Waals surface area (Å²) in [7, 11) is 0. The van der Waals surface area contributed by atoms with Gasteiger partial charge in [-0.1, -0.05) is 43.3 Å². The Kier molecular flexibility index (Phi) is 4.93. The maximum atomic E-state index is 12.6. The van der Waals surface area contributed by atoms with E-state index < -0.39 is 0 Å². The molecule has 1 unspecified atom stereocenters. The van der Waals surface area contributed by atoms with Crippen molar-refractivity contribution in [1.29, 1.82) is 0 Å². The van der Waals surface area contributed by atoms with Gasteiger partial charge in [0.15, 0.2) is 0 Å². The van der Waals surface area contributed by atoms with Gasteiger partial charge in [-0.25, -0.2) is 4.98 Å². The lowest BCUT2D eigenvalue weighted by Crippen LogP contribution is -2.34. The van der Waals surface area contributed by atoms with Gasteiger partial charge in [0.1, 0.15) is 11.2 Å². The third-order valence-electron chi connectivity index (χ3n) is 4.37. The first-order valence-electron chi connectivity index (χ1n) is 8.41. The SMILES string of the molecule is CCC(CNC(=O)c1cnc2ccc(C)cn2c1=O)c1ccccc1. The predicted octanol–water partition coefficient (Wildman–Crippen LogP) is 2.93. The molecule has 3 aromatic rings. The molecule has 0 saturated heterocycles. The van der Waals surface area contributed by atoms with Crippen LogP contribution in [0.2, 0.25) is 0 Å². The van der Waals surface area contributed by atoms with Gasteiger partial charge < -0.3 is 5.32 Å². The van der Waals surface area contributed by atoms with E-state index in [-0.39, 0.29) is 22.9 Å². The Hall–Kier alpha value is -2.95. The van der Waals surface area contributed by atoms with Gasteiger partial charge in [0.25, 0.3) is 11.5 Å². The third kappa shape index (κ3) is 3.60. The Labute approximate surface area is 146 Å². The number of hydrogen-bond acceptors (Lipinski definition) is 3. The summed E-state index contributed by atoms with van der Waals surface area (Å²) in [5.41, 5.74) is 2.35. The summed E-state index contributed by atoms with van der Waals surface area (Å²) in [6.07, 6.45) is 3.95. The first-order valence-corrected chi connectivity index (χ1v) is 8.41. The van der Waals surface area contributed by atoms with Crippen LogP contribution in [0.25, 0.3) is 5.65 Å². The number of carbonyl (C=O) groups excluding carboxylic acids is 1. The van der Waals surface area contributed by atoms with Crippen molar-refractivity contribution in [1.82, 2.24) is 14.7 Å². The second kappa shape index (κ2) is 7.30. The van der Waals surface area contributed by atoms with Gasteiger partial charge in [-0.2, -0.15) is 0 Å². The van der Waals surface area contributed by atoms with Gasteiger partial charge in [-0.05, 0) is 30.5 Å². The molecule has 1 amide bonds. The van der Waals surface area contributed by atoms with Crippen LogP contribution >= 0.6 is 0 Å². The minimum Gasteiger partial charge on any atom is -0.351 e. The molecule has 0 saturated carbocycles. The largest absolute Gasteiger partial charge is 0.351 e. The van der Waals surface area contributed by atoms with Crippen molar-refractivity contribution < 1.29 is 4.79 Å². The van der Waals surface area contributed by atoms with Gasteiger partial charge in [-0.15, -0.1) is 0 Å². The molecular formula is C20H21N3O2. The number of fused-ring (bicyclic) bond motifs is 1. The minimum atomic E-state index is -0.386. The zero-order valence-corrected chi connectivity index (χ0v) is 14.4. The van der Waals surface area contributed by atoms with E-state index in [1.807, 2.05) is 31.2 Å². The Bertz CT molecular complexity index is 948. The van der Waals surface area contributed by atoms with Crippen LogP contribution in [0.15, 0.2) is 59.7 Å². The number of nitrogens with one attached hydrogen (secondary N) is 1. The molecule has 0 bridgehead atoms. The quantitative estimate of drug-likeness (QED) is 0.780. The minimum absolute atomic E-state index is 0.0611. The fourth-order valence-corrected chi connectivity index (χ4v) is 2.87. The van der Waals surface area contributed by atoms with Crippen molar-refractivity contribution >= 4 is 11.6 Å². The number of carbonyl (C=O) groups is 1. The van der Waals surface area contributed by atoms with Crippen molar-refractivity contribution in [2.45, 2.75) is 26.2 Å². The summed E-state index contributed by atoms with van der Waals surface area (Å²) in [6, 6.07) is 13.7. The number of hydrogen-bond donors (Lipinski definition) is 1. The number of nitrogens with zero attached hydrogens (tertiary/aromatic N) is 2. The van der Waals surface area contributed by atoms with E-state index >= 15 is 0 Å². The van der Waals surface area contributed by atoms with Gasteiger partial charge in [0.2, 0.25) is 0 Å². The summed E-state index contributed by atoms with van der Waals surface area (Å²) >= 11 is 0. The number of amides is 1. The molecule has 0 aliphatic heterocycles. The summed E-state index contributed by atoms with van der Waals surface area (Å²) in [5.74, 6) is -0.175. The van der Waals surface area contributed by atoms with Gasteiger partial charge >= 0.3 is 0 Å². The van der Waals surface area contributed by atoms with Gasteiger partial charge in [0.05, 0.1) is 0 Å². The van der Waals surface area contributed by atoms with Crippen molar-refractivity contribution in [2.75, 3.05) is 6.54 Å². The zero-order valence-electron chi connectivity index (χ0n) is 14.4. The average Bonchev–Trinajstić information content (AvgIpc) is 2.64. The van der Waals surface area contributed by atoms with E-state index in [9.17, 15) is 9.59 Å². The Balaban J connectivity index is 1.80. The highest BCUT2D eigenvalue weighted by atomic mass is 16.2. The second-order valence-corrected chi connectivity index (χ2v) is 6.14. The molecule has 5 nitrogen and oxygen atoms in total. The van der Waals surface area contributed by atoms with Gasteiger partial charge in [-0.3, -0.25) is 14.0 Å². The van der Waals surface area contributed by atoms with Crippen LogP contribution in [0.1, 0.15) is 40.7 Å². The molecule has 25 heavy (non-hydrogen) atoms. The molecule has 2 heterocycles. The summed E-state index contributed by atoms with van der Waals surface area (Å²) < 4.78 is 1.42. The van der Waals surface area contributed by atoms with E-state index in [1.165, 1.54) is 16.2 Å². The van der Waals surface area contributed by atoms with E-state index in [0.717, 1.165) is 12.0 Å². The van der Waals surface area contributed by atoms with Crippen LogP contribution in [0, 0.1) is 6.92 Å². The predicted molar refractivity (Wildman–Crippen MR) is 98.0 cm³/mol. The Morgan fingerprint density at radius 3 is 2.68 bits per heavy atom. The lowest BCUT2D eigenvalue weighted by atomic mass is 9.96. The Morgan fingerprint density at radius 2 is 1.96 bits per heavy atom. The molecule has 0 spiro atoms. The normalized spacial score (nSPS) is 12.1. The third-order valence-corrected chi connectivity index (χ3v) is 4.37. The maximum Gasteiger partial charge on any atom is 0.270 e. The van der Waals surface area contributed by atoms with Crippen molar-refractivity contribution in [3.8, 4) is 0 Å². The van der Waals surface area contributed by atoms with Crippen LogP contribution in [-0.4, -0.2) is 21.8 Å². The maximum absolute atomic E-state index is 12.6. The summed E-state index contributed by atoms with van der Waals surface area (Å²) in [4.78, 5) is 29.3. The van der Waals surface area contributed by atoms with Crippen molar-refractivity contribution in [2.24, 2.45) is 0 Å². The van der Waals surface area contributed by atoms with E-state index in [4.69, 9.17) is 0 Å². The highest BCUT2D eigenvalue weighted by Crippen LogP contribution is 2.18. The molecule has 128 valence electrons. The van der Waals surface area contributed by atoms with Crippen LogP contribution in [0.4, 0.5) is 0 Å². The van der Waals surface area contributed by atoms with Crippen LogP contribution < -0.4 is 10.9 Å². The first kappa shape index (κ1) is 16.9. The van der Waals surface area contributed by atoms with Crippen molar-refractivity contribution in [3.63, 3.8) is 0 Å². The number of rotatable bonds is 5. The van der Waals surface area contributed by atoms with E-state index in [2.05, 4.69) is 29.4 Å². The fraction of sp³-hybridized carbons (Fsp3) is 0.250. The molecule has 0 radical (unpaired) electrons. The molecule has 2 aromatic heterocycles. The lowest BCUT2D eigenvalue weighted by molar-refractivity contribution is 0.0949. The molecule has 0 fully saturated rings. The standard InChI is InChI=1S/C20H21N3O2/c1-3-15(16-7-5-4-6-8-16)11-22-19(24)17-12-21-18-10-9-14(2)13-23(18)20(17)25/h4-10,12-13,15H,3,11H2,1-2H3,(H,22,24). The smallest absolute Gasteiger partial charge is 0.270 e. The average molecular weight is 335 g/mol. The van der Waals surface area contributed by atoms with E-state index in [1.54, 1.807) is 12.3 Å². The van der Waals surface area contributed by atoms with Crippen LogP contribution in [0.5, 0.6) is 0 Å². The molecule has 1 aromatic carbocycles. The molecular weight excluding hydrogens is 314 g/mol. The number of aryl methyl sites for hydroxylation is 1. The van der Waals surface area contributed by atoms with Crippen LogP contribution in [-0.2, 0) is 0 Å². The first-order chi connectivity index (χ1) is 12.1. The number of aromatic nitrogens is 2. The molecule has 0 aliphatic rings. The fourth-order valence-electron chi connectivity index (χ4n) is 2.87. The monoisotopic (exact) mass is 335 g/mol. The van der Waals surface area contributed by atoms with Crippen molar-refractivity contribution in [3.05, 3.63) is 81.9 Å². The topological polar surface area (TPSA) is 63.5 Å². The molecule has 0 aliphatic carbocycles. The molecule has 3 rings (SSSR count). The second-order valence-electron chi connectivity index (χ2n) is 6.14. The van der Waals surface area contributed by atoms with Gasteiger partial charge in [0, 0.05) is 24.9 Å². The highest BCUT2D eigenvalue weighted by Gasteiger charge is 2.16. The van der Waals surface area contributed by atoms with Crippen LogP contribution in [0.3, 0.4) is 0 Å². The zero-order chi connectivity index (χ0) is 17.8.